The van der Waals surface area contributed by atoms with E-state index in [2.05, 4.69) is 36.2 Å². The molecule has 2 aromatic rings. The Bertz CT molecular complexity index is 632. The van der Waals surface area contributed by atoms with Gasteiger partial charge in [0.15, 0.2) is 0 Å². The van der Waals surface area contributed by atoms with E-state index in [9.17, 15) is 4.79 Å². The number of amides is 1. The minimum absolute atomic E-state index is 0.198. The first-order valence-electron chi connectivity index (χ1n) is 7.40. The number of hydrogen-bond acceptors (Lipinski definition) is 3. The normalized spacial score (nSPS) is 18.2. The number of rotatable bonds is 3. The number of carbonyl (C=O) groups is 1. The average molecular weight is 300 g/mol. The van der Waals surface area contributed by atoms with E-state index in [0.29, 0.717) is 6.42 Å². The quantitative estimate of drug-likeness (QED) is 0.866. The molecule has 2 heterocycles. The molecule has 3 rings (SSSR count). The molecule has 1 aromatic heterocycles. The Hall–Kier alpha value is -1.68. The topological polar surface area (TPSA) is 33.2 Å². The zero-order valence-electron chi connectivity index (χ0n) is 12.5. The van der Waals surface area contributed by atoms with Crippen LogP contribution in [0.3, 0.4) is 0 Å². The zero-order chi connectivity index (χ0) is 14.8. The molecule has 0 spiro atoms. The summed E-state index contributed by atoms with van der Waals surface area (Å²) in [6, 6.07) is 8.79. The third kappa shape index (κ3) is 3.16. The van der Waals surface area contributed by atoms with Gasteiger partial charge < -0.3 is 4.90 Å². The number of benzene rings is 1. The van der Waals surface area contributed by atoms with Gasteiger partial charge in [-0.2, -0.15) is 0 Å². The van der Waals surface area contributed by atoms with Crippen molar-refractivity contribution in [1.82, 2.24) is 9.88 Å². The lowest BCUT2D eigenvalue weighted by Gasteiger charge is -2.25. The van der Waals surface area contributed by atoms with E-state index in [0.717, 1.165) is 30.1 Å². The molecule has 21 heavy (non-hydrogen) atoms. The van der Waals surface area contributed by atoms with Crippen molar-refractivity contribution < 1.29 is 4.79 Å². The Labute approximate surface area is 129 Å². The van der Waals surface area contributed by atoms with Gasteiger partial charge in [-0.25, -0.2) is 4.98 Å². The molecule has 0 radical (unpaired) electrons. The van der Waals surface area contributed by atoms with Crippen molar-refractivity contribution in [3.8, 4) is 0 Å². The fourth-order valence-electron chi connectivity index (χ4n) is 2.95. The molecule has 110 valence electrons. The van der Waals surface area contributed by atoms with Crippen LogP contribution in [0.5, 0.6) is 0 Å². The molecule has 0 saturated carbocycles. The molecule has 0 aliphatic carbocycles. The molecule has 1 atom stereocenters. The Morgan fingerprint density at radius 3 is 2.76 bits per heavy atom. The second-order valence-corrected chi connectivity index (χ2v) is 6.75. The highest BCUT2D eigenvalue weighted by molar-refractivity contribution is 7.09. The summed E-state index contributed by atoms with van der Waals surface area (Å²) in [6.45, 7) is 4.93. The van der Waals surface area contributed by atoms with Crippen LogP contribution < -0.4 is 0 Å². The summed E-state index contributed by atoms with van der Waals surface area (Å²) < 4.78 is 0. The lowest BCUT2D eigenvalue weighted by molar-refractivity contribution is -0.131. The standard InChI is InChI=1S/C17H20N2OS/c1-12-5-7-14(8-6-12)16-4-3-9-19(16)17(20)10-15-11-21-13(2)18-15/h5-8,11,16H,3-4,9-10H2,1-2H3. The highest BCUT2D eigenvalue weighted by Gasteiger charge is 2.29. The van der Waals surface area contributed by atoms with Crippen LogP contribution in [0.1, 0.15) is 40.7 Å². The van der Waals surface area contributed by atoms with Gasteiger partial charge in [0.1, 0.15) is 0 Å². The van der Waals surface area contributed by atoms with Crippen molar-refractivity contribution in [2.24, 2.45) is 0 Å². The first kappa shape index (κ1) is 14.3. The fourth-order valence-corrected chi connectivity index (χ4v) is 3.56. The summed E-state index contributed by atoms with van der Waals surface area (Å²) in [5.74, 6) is 0.198. The number of nitrogens with zero attached hydrogens (tertiary/aromatic N) is 2. The largest absolute Gasteiger partial charge is 0.335 e. The van der Waals surface area contributed by atoms with Gasteiger partial charge in [0.05, 0.1) is 23.2 Å². The lowest BCUT2D eigenvalue weighted by Crippen LogP contribution is -2.31. The molecule has 1 saturated heterocycles. The number of carbonyl (C=O) groups excluding carboxylic acids is 1. The van der Waals surface area contributed by atoms with Crippen molar-refractivity contribution in [3.05, 3.63) is 51.5 Å². The Morgan fingerprint density at radius 2 is 2.10 bits per heavy atom. The van der Waals surface area contributed by atoms with Crippen molar-refractivity contribution in [2.45, 2.75) is 39.2 Å². The van der Waals surface area contributed by atoms with E-state index in [1.165, 1.54) is 11.1 Å². The summed E-state index contributed by atoms with van der Waals surface area (Å²) >= 11 is 1.61. The van der Waals surface area contributed by atoms with E-state index < -0.39 is 0 Å². The molecule has 1 aliphatic heterocycles. The maximum atomic E-state index is 12.6. The number of hydrogen-bond donors (Lipinski definition) is 0. The molecule has 1 aromatic carbocycles. The van der Waals surface area contributed by atoms with Gasteiger partial charge in [-0.1, -0.05) is 29.8 Å². The van der Waals surface area contributed by atoms with Gasteiger partial charge in [0.25, 0.3) is 0 Å². The summed E-state index contributed by atoms with van der Waals surface area (Å²) in [7, 11) is 0. The average Bonchev–Trinajstić information content (AvgIpc) is 3.09. The van der Waals surface area contributed by atoms with Crippen molar-refractivity contribution in [3.63, 3.8) is 0 Å². The molecule has 1 aliphatic rings. The number of likely N-dealkylation sites (tertiary alicyclic amines) is 1. The van der Waals surface area contributed by atoms with Gasteiger partial charge in [-0.05, 0) is 32.3 Å². The smallest absolute Gasteiger partial charge is 0.229 e. The van der Waals surface area contributed by atoms with Crippen LogP contribution in [0.4, 0.5) is 0 Å². The van der Waals surface area contributed by atoms with Crippen LogP contribution in [0.2, 0.25) is 0 Å². The molecule has 1 unspecified atom stereocenters. The lowest BCUT2D eigenvalue weighted by atomic mass is 10.0. The van der Waals surface area contributed by atoms with Crippen LogP contribution in [-0.4, -0.2) is 22.3 Å². The molecule has 0 N–H and O–H groups in total. The Balaban J connectivity index is 1.74. The zero-order valence-corrected chi connectivity index (χ0v) is 13.3. The van der Waals surface area contributed by atoms with Gasteiger partial charge in [0, 0.05) is 11.9 Å². The Kier molecular flexibility index (Phi) is 4.06. The van der Waals surface area contributed by atoms with Gasteiger partial charge in [-0.15, -0.1) is 11.3 Å². The molecular weight excluding hydrogens is 280 g/mol. The number of aryl methyl sites for hydroxylation is 2. The van der Waals surface area contributed by atoms with Crippen molar-refractivity contribution in [1.29, 1.82) is 0 Å². The van der Waals surface area contributed by atoms with E-state index in [1.807, 2.05) is 17.2 Å². The third-order valence-electron chi connectivity index (χ3n) is 4.03. The van der Waals surface area contributed by atoms with Crippen molar-refractivity contribution >= 4 is 17.2 Å². The van der Waals surface area contributed by atoms with E-state index in [-0.39, 0.29) is 11.9 Å². The predicted octanol–water partition coefficient (Wildman–Crippen LogP) is 3.67. The van der Waals surface area contributed by atoms with Gasteiger partial charge >= 0.3 is 0 Å². The van der Waals surface area contributed by atoms with Gasteiger partial charge in [-0.3, -0.25) is 4.79 Å². The second-order valence-electron chi connectivity index (χ2n) is 5.69. The van der Waals surface area contributed by atoms with Crippen LogP contribution >= 0.6 is 11.3 Å². The van der Waals surface area contributed by atoms with Crippen LogP contribution in [0.15, 0.2) is 29.6 Å². The van der Waals surface area contributed by atoms with E-state index in [1.54, 1.807) is 11.3 Å². The molecule has 3 nitrogen and oxygen atoms in total. The highest BCUT2D eigenvalue weighted by atomic mass is 32.1. The molecule has 0 bridgehead atoms. The minimum atomic E-state index is 0.198. The molecular formula is C17H20N2OS. The monoisotopic (exact) mass is 300 g/mol. The maximum Gasteiger partial charge on any atom is 0.229 e. The first-order valence-corrected chi connectivity index (χ1v) is 8.28. The van der Waals surface area contributed by atoms with Crippen molar-refractivity contribution in [2.75, 3.05) is 6.54 Å². The number of aromatic nitrogens is 1. The van der Waals surface area contributed by atoms with Crippen LogP contribution in [0.25, 0.3) is 0 Å². The maximum absolute atomic E-state index is 12.6. The van der Waals surface area contributed by atoms with E-state index in [4.69, 9.17) is 0 Å². The third-order valence-corrected chi connectivity index (χ3v) is 4.86. The predicted molar refractivity (Wildman–Crippen MR) is 85.4 cm³/mol. The summed E-state index contributed by atoms with van der Waals surface area (Å²) in [5, 5.41) is 3.01. The van der Waals surface area contributed by atoms with E-state index >= 15 is 0 Å². The summed E-state index contributed by atoms with van der Waals surface area (Å²) in [4.78, 5) is 19.0. The summed E-state index contributed by atoms with van der Waals surface area (Å²) in [6.07, 6.45) is 2.57. The molecule has 1 fully saturated rings. The SMILES string of the molecule is Cc1ccc(C2CCCN2C(=O)Cc2csc(C)n2)cc1. The molecule has 1 amide bonds. The summed E-state index contributed by atoms with van der Waals surface area (Å²) in [5.41, 5.74) is 3.41. The fraction of sp³-hybridized carbons (Fsp3) is 0.412. The van der Waals surface area contributed by atoms with Gasteiger partial charge in [0.2, 0.25) is 5.91 Å². The van der Waals surface area contributed by atoms with Crippen LogP contribution in [-0.2, 0) is 11.2 Å². The Morgan fingerprint density at radius 1 is 1.33 bits per heavy atom. The van der Waals surface area contributed by atoms with Crippen LogP contribution in [0, 0.1) is 13.8 Å². The first-order chi connectivity index (χ1) is 10.1. The second kappa shape index (κ2) is 5.98. The molecule has 4 heteroatoms. The highest BCUT2D eigenvalue weighted by Crippen LogP contribution is 2.32. The minimum Gasteiger partial charge on any atom is -0.335 e. The number of thiazole rings is 1.